The SMILES string of the molecule is Cc1cc(Nc2c(C(=N)C3CC(O)C3)ccnc2N)ccc1/C=C\N(C=O)c1ccccc1. The van der Waals surface area contributed by atoms with Crippen molar-refractivity contribution in [2.45, 2.75) is 25.9 Å². The monoisotopic (exact) mass is 441 g/mol. The van der Waals surface area contributed by atoms with Gasteiger partial charge in [0.05, 0.1) is 11.8 Å². The fraction of sp³-hybridized carbons (Fsp3) is 0.192. The maximum atomic E-state index is 11.5. The molecule has 2 aromatic carbocycles. The molecule has 1 saturated carbocycles. The van der Waals surface area contributed by atoms with Crippen LogP contribution in [-0.4, -0.2) is 28.3 Å². The van der Waals surface area contributed by atoms with E-state index in [2.05, 4.69) is 10.3 Å². The largest absolute Gasteiger partial charge is 0.393 e. The van der Waals surface area contributed by atoms with Gasteiger partial charge in [-0.25, -0.2) is 4.98 Å². The number of aromatic nitrogens is 1. The number of rotatable bonds is 8. The van der Waals surface area contributed by atoms with E-state index in [9.17, 15) is 9.90 Å². The summed E-state index contributed by atoms with van der Waals surface area (Å²) < 4.78 is 0. The van der Waals surface area contributed by atoms with Crippen molar-refractivity contribution >= 4 is 41.1 Å². The zero-order valence-electron chi connectivity index (χ0n) is 18.4. The van der Waals surface area contributed by atoms with Crippen LogP contribution in [-0.2, 0) is 4.79 Å². The Balaban J connectivity index is 1.53. The fourth-order valence-electron chi connectivity index (χ4n) is 3.90. The van der Waals surface area contributed by atoms with Gasteiger partial charge in [0.15, 0.2) is 0 Å². The van der Waals surface area contributed by atoms with Crippen LogP contribution in [0.4, 0.5) is 22.9 Å². The number of aryl methyl sites for hydroxylation is 1. The topological polar surface area (TPSA) is 115 Å². The van der Waals surface area contributed by atoms with Gasteiger partial charge in [-0.05, 0) is 67.3 Å². The van der Waals surface area contributed by atoms with E-state index in [1.165, 1.54) is 4.90 Å². The van der Waals surface area contributed by atoms with Crippen LogP contribution >= 0.6 is 0 Å². The molecule has 1 fully saturated rings. The first kappa shape index (κ1) is 22.2. The minimum Gasteiger partial charge on any atom is -0.393 e. The van der Waals surface area contributed by atoms with Gasteiger partial charge in [-0.1, -0.05) is 24.3 Å². The molecule has 0 saturated heterocycles. The Bertz CT molecular complexity index is 1190. The number of nitrogen functional groups attached to an aromatic ring is 1. The first-order valence-corrected chi connectivity index (χ1v) is 10.8. The zero-order chi connectivity index (χ0) is 23.4. The molecule has 7 heteroatoms. The smallest absolute Gasteiger partial charge is 0.218 e. The van der Waals surface area contributed by atoms with E-state index in [0.29, 0.717) is 35.6 Å². The molecule has 0 unspecified atom stereocenters. The molecule has 1 amide bonds. The second kappa shape index (κ2) is 9.67. The Morgan fingerprint density at radius 3 is 2.64 bits per heavy atom. The zero-order valence-corrected chi connectivity index (χ0v) is 18.4. The van der Waals surface area contributed by atoms with Crippen LogP contribution in [0.15, 0.2) is 67.0 Å². The Morgan fingerprint density at radius 1 is 1.21 bits per heavy atom. The third-order valence-corrected chi connectivity index (χ3v) is 5.91. The van der Waals surface area contributed by atoms with Crippen LogP contribution < -0.4 is 16.0 Å². The lowest BCUT2D eigenvalue weighted by Crippen LogP contribution is -2.34. The maximum Gasteiger partial charge on any atom is 0.218 e. The van der Waals surface area contributed by atoms with Crippen molar-refractivity contribution in [3.05, 3.63) is 83.7 Å². The number of hydrogen-bond donors (Lipinski definition) is 4. The summed E-state index contributed by atoms with van der Waals surface area (Å²) in [4.78, 5) is 17.2. The van der Waals surface area contributed by atoms with Crippen molar-refractivity contribution in [3.8, 4) is 0 Å². The van der Waals surface area contributed by atoms with E-state index in [1.54, 1.807) is 18.5 Å². The average Bonchev–Trinajstić information content (AvgIpc) is 2.80. The van der Waals surface area contributed by atoms with Gasteiger partial charge < -0.3 is 21.6 Å². The lowest BCUT2D eigenvalue weighted by Gasteiger charge is -2.32. The molecule has 0 atom stereocenters. The molecule has 0 bridgehead atoms. The number of benzene rings is 2. The number of carbonyl (C=O) groups is 1. The van der Waals surface area contributed by atoms with Gasteiger partial charge in [0, 0.05) is 41.0 Å². The van der Waals surface area contributed by atoms with E-state index in [0.717, 1.165) is 28.9 Å². The van der Waals surface area contributed by atoms with Crippen LogP contribution in [0.3, 0.4) is 0 Å². The summed E-state index contributed by atoms with van der Waals surface area (Å²) in [7, 11) is 0. The van der Waals surface area contributed by atoms with E-state index in [-0.39, 0.29) is 12.0 Å². The molecule has 1 aliphatic rings. The Labute approximate surface area is 193 Å². The van der Waals surface area contributed by atoms with Gasteiger partial charge in [-0.3, -0.25) is 9.69 Å². The fourth-order valence-corrected chi connectivity index (χ4v) is 3.90. The number of nitrogens with one attached hydrogen (secondary N) is 2. The van der Waals surface area contributed by atoms with E-state index in [1.807, 2.05) is 61.5 Å². The average molecular weight is 442 g/mol. The molecule has 0 spiro atoms. The molecule has 7 nitrogen and oxygen atoms in total. The predicted octanol–water partition coefficient (Wildman–Crippen LogP) is 4.49. The summed E-state index contributed by atoms with van der Waals surface area (Å²) in [6, 6.07) is 17.1. The Morgan fingerprint density at radius 2 is 1.97 bits per heavy atom. The first-order chi connectivity index (χ1) is 16.0. The van der Waals surface area contributed by atoms with Gasteiger partial charge >= 0.3 is 0 Å². The highest BCUT2D eigenvalue weighted by molar-refractivity contribution is 6.07. The lowest BCUT2D eigenvalue weighted by atomic mass is 9.77. The van der Waals surface area contributed by atoms with E-state index < -0.39 is 0 Å². The van der Waals surface area contributed by atoms with Gasteiger partial charge in [0.25, 0.3) is 0 Å². The first-order valence-electron chi connectivity index (χ1n) is 10.8. The quantitative estimate of drug-likeness (QED) is 0.304. The van der Waals surface area contributed by atoms with E-state index >= 15 is 0 Å². The van der Waals surface area contributed by atoms with Gasteiger partial charge in [0.2, 0.25) is 6.41 Å². The van der Waals surface area contributed by atoms with Crippen LogP contribution in [0.25, 0.3) is 6.08 Å². The number of aliphatic hydroxyl groups is 1. The second-order valence-corrected chi connectivity index (χ2v) is 8.21. The number of aliphatic hydroxyl groups excluding tert-OH is 1. The second-order valence-electron chi connectivity index (χ2n) is 8.21. The highest BCUT2D eigenvalue weighted by Crippen LogP contribution is 2.35. The standard InChI is InChI=1S/C26H27N5O2/c1-17-13-20(8-7-18(17)10-12-31(16-32)21-5-3-2-4-6-21)30-25-23(9-11-29-26(25)28)24(27)19-14-22(33)15-19/h2-13,16,19,22,27,30,33H,14-15H2,1H3,(H2,28,29)/b12-10-,27-24?. The molecule has 5 N–H and O–H groups in total. The van der Waals surface area contributed by atoms with Crippen molar-refractivity contribution < 1.29 is 9.90 Å². The van der Waals surface area contributed by atoms with Crippen LogP contribution in [0.1, 0.15) is 29.5 Å². The highest BCUT2D eigenvalue weighted by Gasteiger charge is 2.32. The molecule has 33 heavy (non-hydrogen) atoms. The number of nitrogens with two attached hydrogens (primary N) is 1. The van der Waals surface area contributed by atoms with Crippen LogP contribution in [0.5, 0.6) is 0 Å². The summed E-state index contributed by atoms with van der Waals surface area (Å²) in [6.07, 6.45) is 6.88. The Hall–Kier alpha value is -3.97. The minimum atomic E-state index is -0.328. The number of para-hydroxylation sites is 1. The number of pyridine rings is 1. The van der Waals surface area contributed by atoms with Gasteiger partial charge in [-0.15, -0.1) is 0 Å². The molecular weight excluding hydrogens is 414 g/mol. The Kier molecular flexibility index (Phi) is 6.51. The number of carbonyl (C=O) groups excluding carboxylic acids is 1. The molecule has 1 aromatic heterocycles. The third kappa shape index (κ3) is 4.94. The highest BCUT2D eigenvalue weighted by atomic mass is 16.3. The summed E-state index contributed by atoms with van der Waals surface area (Å²) in [5.41, 5.74) is 11.5. The number of anilines is 4. The van der Waals surface area contributed by atoms with Crippen molar-refractivity contribution in [2.24, 2.45) is 5.92 Å². The molecule has 3 aromatic rings. The number of amides is 1. The molecule has 1 heterocycles. The maximum absolute atomic E-state index is 11.5. The normalized spacial score (nSPS) is 17.4. The third-order valence-electron chi connectivity index (χ3n) is 5.91. The summed E-state index contributed by atoms with van der Waals surface area (Å²) in [5, 5.41) is 21.5. The molecule has 0 aliphatic heterocycles. The molecule has 4 rings (SSSR count). The van der Waals surface area contributed by atoms with Gasteiger partial charge in [-0.2, -0.15) is 0 Å². The molecule has 1 aliphatic carbocycles. The predicted molar refractivity (Wildman–Crippen MR) is 133 cm³/mol. The number of hydrogen-bond acceptors (Lipinski definition) is 6. The summed E-state index contributed by atoms with van der Waals surface area (Å²) in [5.74, 6) is 0.352. The molecule has 0 radical (unpaired) electrons. The summed E-state index contributed by atoms with van der Waals surface area (Å²) >= 11 is 0. The van der Waals surface area contributed by atoms with Crippen molar-refractivity contribution in [3.63, 3.8) is 0 Å². The minimum absolute atomic E-state index is 0.0296. The lowest BCUT2D eigenvalue weighted by molar-refractivity contribution is -0.106. The van der Waals surface area contributed by atoms with Gasteiger partial charge in [0.1, 0.15) is 5.82 Å². The van der Waals surface area contributed by atoms with Crippen molar-refractivity contribution in [1.29, 1.82) is 5.41 Å². The van der Waals surface area contributed by atoms with Crippen LogP contribution in [0, 0.1) is 18.3 Å². The summed E-state index contributed by atoms with van der Waals surface area (Å²) in [6.45, 7) is 1.99. The van der Waals surface area contributed by atoms with Crippen LogP contribution in [0.2, 0.25) is 0 Å². The van der Waals surface area contributed by atoms with Crippen molar-refractivity contribution in [2.75, 3.05) is 16.0 Å². The van der Waals surface area contributed by atoms with E-state index in [4.69, 9.17) is 11.1 Å². The number of nitrogens with zero attached hydrogens (tertiary/aromatic N) is 2. The molecular formula is C26H27N5O2. The van der Waals surface area contributed by atoms with Crippen molar-refractivity contribution in [1.82, 2.24) is 4.98 Å². The molecule has 168 valence electrons.